The SMILES string of the molecule is CC(=O)c1cccc(NC(=O)Cn2c(C)cc(=O)n3nc(-c4ccccc4)nc23)c1. The first-order valence-electron chi connectivity index (χ1n) is 9.36. The molecule has 0 saturated carbocycles. The summed E-state index contributed by atoms with van der Waals surface area (Å²) in [5.41, 5.74) is 2.08. The van der Waals surface area contributed by atoms with Crippen LogP contribution in [0.3, 0.4) is 0 Å². The molecule has 2 heterocycles. The van der Waals surface area contributed by atoms with Crippen LogP contribution in [0.2, 0.25) is 0 Å². The number of rotatable bonds is 5. The second-order valence-electron chi connectivity index (χ2n) is 6.91. The van der Waals surface area contributed by atoms with Gasteiger partial charge in [0.05, 0.1) is 0 Å². The van der Waals surface area contributed by atoms with E-state index in [1.54, 1.807) is 35.8 Å². The third kappa shape index (κ3) is 3.75. The smallest absolute Gasteiger partial charge is 0.275 e. The van der Waals surface area contributed by atoms with Gasteiger partial charge in [0, 0.05) is 28.6 Å². The molecule has 30 heavy (non-hydrogen) atoms. The summed E-state index contributed by atoms with van der Waals surface area (Å²) in [6.45, 7) is 3.14. The summed E-state index contributed by atoms with van der Waals surface area (Å²) in [5.74, 6) is 0.294. The van der Waals surface area contributed by atoms with Crippen LogP contribution >= 0.6 is 0 Å². The fourth-order valence-electron chi connectivity index (χ4n) is 3.17. The highest BCUT2D eigenvalue weighted by molar-refractivity contribution is 5.97. The van der Waals surface area contributed by atoms with Gasteiger partial charge >= 0.3 is 0 Å². The molecule has 0 aliphatic rings. The minimum Gasteiger partial charge on any atom is -0.325 e. The molecule has 0 unspecified atom stereocenters. The van der Waals surface area contributed by atoms with E-state index in [4.69, 9.17) is 0 Å². The standard InChI is InChI=1S/C22H19N5O3/c1-14-11-20(30)27-22(24-21(25-27)16-7-4-3-5-8-16)26(14)13-19(29)23-18-10-6-9-17(12-18)15(2)28/h3-12H,13H2,1-2H3,(H,23,29). The van der Waals surface area contributed by atoms with Crippen LogP contribution < -0.4 is 10.9 Å². The van der Waals surface area contributed by atoms with Gasteiger partial charge in [0.15, 0.2) is 11.6 Å². The highest BCUT2D eigenvalue weighted by Gasteiger charge is 2.15. The Kier molecular flexibility index (Phi) is 4.97. The van der Waals surface area contributed by atoms with Crippen molar-refractivity contribution in [2.75, 3.05) is 5.32 Å². The van der Waals surface area contributed by atoms with E-state index in [0.29, 0.717) is 22.8 Å². The number of benzene rings is 2. The number of amides is 1. The molecule has 0 radical (unpaired) electrons. The van der Waals surface area contributed by atoms with Crippen molar-refractivity contribution in [2.45, 2.75) is 20.4 Å². The van der Waals surface area contributed by atoms with E-state index < -0.39 is 0 Å². The van der Waals surface area contributed by atoms with Gasteiger partial charge in [-0.25, -0.2) is 0 Å². The van der Waals surface area contributed by atoms with Crippen LogP contribution in [-0.4, -0.2) is 30.9 Å². The Hall–Kier alpha value is -4.07. The van der Waals surface area contributed by atoms with Crippen molar-refractivity contribution in [2.24, 2.45) is 0 Å². The molecule has 0 bridgehead atoms. The van der Waals surface area contributed by atoms with Crippen molar-refractivity contribution in [3.63, 3.8) is 0 Å². The number of carbonyl (C=O) groups is 2. The zero-order valence-electron chi connectivity index (χ0n) is 16.5. The first-order chi connectivity index (χ1) is 14.4. The molecule has 2 aromatic carbocycles. The molecule has 8 nitrogen and oxygen atoms in total. The van der Waals surface area contributed by atoms with Gasteiger partial charge in [-0.05, 0) is 26.0 Å². The van der Waals surface area contributed by atoms with Crippen molar-refractivity contribution in [1.29, 1.82) is 0 Å². The van der Waals surface area contributed by atoms with Gasteiger partial charge in [-0.15, -0.1) is 5.10 Å². The lowest BCUT2D eigenvalue weighted by molar-refractivity contribution is -0.116. The molecule has 8 heteroatoms. The van der Waals surface area contributed by atoms with Crippen LogP contribution in [0, 0.1) is 6.92 Å². The number of hydrogen-bond acceptors (Lipinski definition) is 5. The lowest BCUT2D eigenvalue weighted by atomic mass is 10.1. The molecular formula is C22H19N5O3. The number of anilines is 1. The number of nitrogens with zero attached hydrogens (tertiary/aromatic N) is 4. The Morgan fingerprint density at radius 2 is 1.80 bits per heavy atom. The first kappa shape index (κ1) is 19.3. The maximum absolute atomic E-state index is 12.7. The van der Waals surface area contributed by atoms with Crippen molar-refractivity contribution < 1.29 is 9.59 Å². The Bertz CT molecular complexity index is 1320. The van der Waals surface area contributed by atoms with Crippen LogP contribution in [-0.2, 0) is 11.3 Å². The lowest BCUT2D eigenvalue weighted by Crippen LogP contribution is -2.25. The Balaban J connectivity index is 1.67. The van der Waals surface area contributed by atoms with Gasteiger partial charge in [-0.3, -0.25) is 14.4 Å². The summed E-state index contributed by atoms with van der Waals surface area (Å²) in [5, 5.41) is 7.09. The average Bonchev–Trinajstić information content (AvgIpc) is 3.18. The zero-order valence-corrected chi connectivity index (χ0v) is 16.5. The summed E-state index contributed by atoms with van der Waals surface area (Å²) in [7, 11) is 0. The van der Waals surface area contributed by atoms with Crippen molar-refractivity contribution in [1.82, 2.24) is 19.2 Å². The molecule has 150 valence electrons. The van der Waals surface area contributed by atoms with Crippen LogP contribution in [0.5, 0.6) is 0 Å². The fourth-order valence-corrected chi connectivity index (χ4v) is 3.17. The van der Waals surface area contributed by atoms with E-state index in [1.807, 2.05) is 30.3 Å². The molecule has 4 rings (SSSR count). The molecule has 0 aliphatic carbocycles. The number of hydrogen-bond donors (Lipinski definition) is 1. The van der Waals surface area contributed by atoms with E-state index in [-0.39, 0.29) is 29.6 Å². The first-order valence-corrected chi connectivity index (χ1v) is 9.36. The monoisotopic (exact) mass is 401 g/mol. The summed E-state index contributed by atoms with van der Waals surface area (Å²) in [6, 6.07) is 17.5. The highest BCUT2D eigenvalue weighted by Crippen LogP contribution is 2.16. The van der Waals surface area contributed by atoms with Crippen LogP contribution in [0.1, 0.15) is 23.0 Å². The Morgan fingerprint density at radius 3 is 2.53 bits per heavy atom. The molecule has 2 aromatic heterocycles. The van der Waals surface area contributed by atoms with Crippen molar-refractivity contribution in [3.8, 4) is 11.4 Å². The minimum absolute atomic E-state index is 0.0627. The molecule has 1 amide bonds. The van der Waals surface area contributed by atoms with Crippen molar-refractivity contribution >= 4 is 23.2 Å². The largest absolute Gasteiger partial charge is 0.325 e. The van der Waals surface area contributed by atoms with Gasteiger partial charge in [-0.1, -0.05) is 42.5 Å². The third-order valence-corrected chi connectivity index (χ3v) is 4.68. The van der Waals surface area contributed by atoms with Crippen LogP contribution in [0.25, 0.3) is 17.2 Å². The quantitative estimate of drug-likeness (QED) is 0.519. The molecule has 0 atom stereocenters. The van der Waals surface area contributed by atoms with Gasteiger partial charge in [0.2, 0.25) is 11.7 Å². The molecule has 0 fully saturated rings. The predicted molar refractivity (Wildman–Crippen MR) is 112 cm³/mol. The second-order valence-corrected chi connectivity index (χ2v) is 6.91. The zero-order chi connectivity index (χ0) is 21.3. The van der Waals surface area contributed by atoms with E-state index in [2.05, 4.69) is 15.4 Å². The number of carbonyl (C=O) groups excluding carboxylic acids is 2. The summed E-state index contributed by atoms with van der Waals surface area (Å²) >= 11 is 0. The van der Waals surface area contributed by atoms with Gasteiger partial charge < -0.3 is 9.88 Å². The van der Waals surface area contributed by atoms with Gasteiger partial charge in [0.25, 0.3) is 5.56 Å². The van der Waals surface area contributed by atoms with Gasteiger partial charge in [0.1, 0.15) is 6.54 Å². The predicted octanol–water partition coefficient (Wildman–Crippen LogP) is 2.71. The van der Waals surface area contributed by atoms with Crippen molar-refractivity contribution in [3.05, 3.63) is 82.3 Å². The van der Waals surface area contributed by atoms with E-state index in [1.165, 1.54) is 17.5 Å². The molecule has 4 aromatic rings. The average molecular weight is 401 g/mol. The topological polar surface area (TPSA) is 98.4 Å². The van der Waals surface area contributed by atoms with E-state index >= 15 is 0 Å². The van der Waals surface area contributed by atoms with Crippen LogP contribution in [0.4, 0.5) is 5.69 Å². The normalized spacial score (nSPS) is 10.9. The molecular weight excluding hydrogens is 382 g/mol. The fraction of sp³-hybridized carbons (Fsp3) is 0.136. The molecule has 0 spiro atoms. The number of fused-ring (bicyclic) bond motifs is 1. The number of ketones is 1. The number of aryl methyl sites for hydroxylation is 1. The second kappa shape index (κ2) is 7.75. The molecule has 0 saturated heterocycles. The summed E-state index contributed by atoms with van der Waals surface area (Å²) in [4.78, 5) is 41.1. The molecule has 0 aliphatic heterocycles. The maximum Gasteiger partial charge on any atom is 0.275 e. The van der Waals surface area contributed by atoms with E-state index in [9.17, 15) is 14.4 Å². The lowest BCUT2D eigenvalue weighted by Gasteiger charge is -2.12. The minimum atomic E-state index is -0.317. The Labute approximate surface area is 171 Å². The maximum atomic E-state index is 12.7. The number of nitrogens with one attached hydrogen (secondary N) is 1. The van der Waals surface area contributed by atoms with E-state index in [0.717, 1.165) is 5.56 Å². The van der Waals surface area contributed by atoms with Crippen LogP contribution in [0.15, 0.2) is 65.5 Å². The molecule has 1 N–H and O–H groups in total. The third-order valence-electron chi connectivity index (χ3n) is 4.68. The number of Topliss-reactive ketones (excluding diaryl/α,β-unsaturated/α-hetero) is 1. The van der Waals surface area contributed by atoms with Gasteiger partial charge in [-0.2, -0.15) is 9.50 Å². The summed E-state index contributed by atoms with van der Waals surface area (Å²) < 4.78 is 2.82. The number of aromatic nitrogens is 4. The summed E-state index contributed by atoms with van der Waals surface area (Å²) in [6.07, 6.45) is 0. The highest BCUT2D eigenvalue weighted by atomic mass is 16.2. The Morgan fingerprint density at radius 1 is 1.03 bits per heavy atom.